The number of aromatic amines is 4. The molecule has 6 aromatic carbocycles. The predicted molar refractivity (Wildman–Crippen MR) is 415 cm³/mol. The first-order valence-corrected chi connectivity index (χ1v) is 34.4. The van der Waals surface area contributed by atoms with Gasteiger partial charge in [0.2, 0.25) is 0 Å². The average molecular weight is 1480 g/mol. The van der Waals surface area contributed by atoms with Crippen molar-refractivity contribution in [3.63, 3.8) is 0 Å². The summed E-state index contributed by atoms with van der Waals surface area (Å²) in [6, 6.07) is 32.3. The van der Waals surface area contributed by atoms with Gasteiger partial charge < -0.3 is 44.4 Å². The minimum Gasteiger partial charge on any atom is -0.495 e. The van der Waals surface area contributed by atoms with Gasteiger partial charge in [-0.3, -0.25) is 69.7 Å². The van der Waals surface area contributed by atoms with Crippen LogP contribution >= 0.6 is 0 Å². The Morgan fingerprint density at radius 3 is 1.24 bits per heavy atom. The Hall–Kier alpha value is -14.6. The fourth-order valence-corrected chi connectivity index (χ4v) is 11.5. The Morgan fingerprint density at radius 2 is 0.845 bits per heavy atom. The van der Waals surface area contributed by atoms with E-state index in [1.807, 2.05) is 85.0 Å². The topological polar surface area (TPSA) is 365 Å². The molecule has 0 bridgehead atoms. The lowest BCUT2D eigenvalue weighted by molar-refractivity contribution is 0.0522. The van der Waals surface area contributed by atoms with Crippen molar-refractivity contribution >= 4 is 116 Å². The number of amides is 3. The van der Waals surface area contributed by atoms with Gasteiger partial charge in [0.15, 0.2) is 11.6 Å². The van der Waals surface area contributed by atoms with E-state index in [0.717, 1.165) is 62.7 Å². The molecule has 554 valence electrons. The first-order valence-electron chi connectivity index (χ1n) is 34.4. The molecule has 8 aromatic heterocycles. The molecule has 0 saturated heterocycles. The van der Waals surface area contributed by atoms with E-state index in [1.54, 1.807) is 156 Å². The second-order valence-corrected chi connectivity index (χ2v) is 24.0. The Labute approximate surface area is 628 Å². The maximum absolute atomic E-state index is 13.9. The maximum atomic E-state index is 13.9. The highest BCUT2D eigenvalue weighted by Crippen LogP contribution is 2.37. The fourth-order valence-electron chi connectivity index (χ4n) is 11.5. The summed E-state index contributed by atoms with van der Waals surface area (Å²) in [5, 5.41) is 40.7. The molecule has 0 aliphatic heterocycles. The fraction of sp³-hybridized carbons (Fsp3) is 0.148. The number of carbonyl (C=O) groups is 4. The van der Waals surface area contributed by atoms with Crippen molar-refractivity contribution in [2.24, 2.45) is 0 Å². The number of ether oxygens (including phenoxy) is 6. The van der Waals surface area contributed by atoms with Crippen molar-refractivity contribution in [3.8, 4) is 28.7 Å². The molecule has 28 nitrogen and oxygen atoms in total. The van der Waals surface area contributed by atoms with E-state index in [4.69, 9.17) is 28.4 Å². The maximum Gasteiger partial charge on any atom is 0.341 e. The van der Waals surface area contributed by atoms with E-state index in [0.29, 0.717) is 109 Å². The summed E-state index contributed by atoms with van der Waals surface area (Å²) in [6.45, 7) is 2.81. The third-order valence-electron chi connectivity index (χ3n) is 16.9. The second-order valence-electron chi connectivity index (χ2n) is 24.0. The molecule has 14 aromatic rings. The van der Waals surface area contributed by atoms with E-state index in [-0.39, 0.29) is 36.1 Å². The molecule has 0 atom stereocenters. The van der Waals surface area contributed by atoms with Gasteiger partial charge in [0.25, 0.3) is 17.7 Å². The number of aromatic nitrogens is 15. The standard InChI is InChI=1S/C22H19N5O2.C21H18N6O2.C20H19FN2O4.C18H17N5O2/c1-29-21-17(22(28)25-13-15-5-3-2-4-6-15)8-10-19-20(21)18(26-27-19)9-7-16-14-23-11-12-24-16;1-29-20-16(21(28)25-12-14-3-2-8-22-11-14)5-7-18-19(20)17(26-27-18)6-4-15-13-23-9-10-24-15;1-4-27-20(24)13-7-9-16-18(19(13)26-3)15(22-23-16)8-5-12-6-10-17(25-2)14(21)11-12;1-25-17-13(18(24)21-11-2-3-11)5-7-15-16(17)14(22-23-15)6-4-12-10-19-8-9-20-12/h2-12,14H,13H2,1H3,(H,25,28)(H,26,27);2-11,13H,12H2,1H3,(H,25,28)(H,26,27);5-11H,4H2,1-3H3,(H,22,23);4-11H,2-3H2,1H3,(H,21,24)(H,22,23)/b9-7+;6-4+;8-5+;6-4+. The number of nitrogens with one attached hydrogen (secondary N) is 7. The summed E-state index contributed by atoms with van der Waals surface area (Å²) >= 11 is 0. The summed E-state index contributed by atoms with van der Waals surface area (Å²) in [5.41, 5.74) is 12.0. The highest BCUT2D eigenvalue weighted by molar-refractivity contribution is 6.08. The van der Waals surface area contributed by atoms with Gasteiger partial charge in [-0.05, 0) is 146 Å². The van der Waals surface area contributed by atoms with Gasteiger partial charge >= 0.3 is 5.97 Å². The van der Waals surface area contributed by atoms with Crippen molar-refractivity contribution in [1.82, 2.24) is 91.6 Å². The van der Waals surface area contributed by atoms with Crippen LogP contribution in [0.1, 0.15) is 118 Å². The van der Waals surface area contributed by atoms with Gasteiger partial charge in [0, 0.05) is 68.7 Å². The number of nitrogens with zero attached hydrogens (tertiary/aromatic N) is 11. The molecular weight excluding hydrogens is 1400 g/mol. The molecule has 1 saturated carbocycles. The number of hydrogen-bond acceptors (Lipinski definition) is 21. The SMILES string of the molecule is CCOC(=O)c1ccc2n[nH]c(/C=C/c3ccc(OC)c(F)c3)c2c1OC.COc1c(C(=O)NC2CC2)ccc2n[nH]c(/C=C/c3cnccn3)c12.COc1c(C(=O)NCc2ccccc2)ccc2n[nH]c(/C=C/c3cnccn3)c12.COc1c(C(=O)NCc2cccnc2)ccc2n[nH]c(/C=C/c3cnccn3)c12. The van der Waals surface area contributed by atoms with E-state index in [1.165, 1.54) is 27.4 Å². The van der Waals surface area contributed by atoms with Crippen LogP contribution in [0.5, 0.6) is 28.7 Å². The lowest BCUT2D eigenvalue weighted by Gasteiger charge is -2.11. The molecule has 7 N–H and O–H groups in total. The van der Waals surface area contributed by atoms with Crippen molar-refractivity contribution in [2.45, 2.75) is 38.9 Å². The molecule has 0 spiro atoms. The molecule has 29 heteroatoms. The van der Waals surface area contributed by atoms with Crippen molar-refractivity contribution in [2.75, 3.05) is 42.2 Å². The van der Waals surface area contributed by atoms with Crippen LogP contribution in [-0.4, -0.2) is 148 Å². The minimum absolute atomic E-state index is 0.119. The first kappa shape index (κ1) is 75.1. The average Bonchev–Trinajstić information content (AvgIpc) is 1.66. The molecule has 110 heavy (non-hydrogen) atoms. The Morgan fingerprint density at radius 1 is 0.436 bits per heavy atom. The van der Waals surface area contributed by atoms with Crippen LogP contribution in [-0.2, 0) is 17.8 Å². The Kier molecular flexibility index (Phi) is 24.8. The Balaban J connectivity index is 0.000000137. The molecule has 0 unspecified atom stereocenters. The third kappa shape index (κ3) is 18.3. The Bertz CT molecular complexity index is 5470. The molecule has 0 radical (unpaired) electrons. The smallest absolute Gasteiger partial charge is 0.341 e. The van der Waals surface area contributed by atoms with Crippen LogP contribution in [0.2, 0.25) is 0 Å². The summed E-state index contributed by atoms with van der Waals surface area (Å²) in [4.78, 5) is 79.0. The molecule has 1 fully saturated rings. The predicted octanol–water partition coefficient (Wildman–Crippen LogP) is 12.8. The van der Waals surface area contributed by atoms with Gasteiger partial charge in [-0.25, -0.2) is 9.18 Å². The second kappa shape index (κ2) is 36.4. The van der Waals surface area contributed by atoms with E-state index < -0.39 is 11.8 Å². The number of rotatable bonds is 23. The summed E-state index contributed by atoms with van der Waals surface area (Å²) in [7, 11) is 7.54. The van der Waals surface area contributed by atoms with Crippen LogP contribution in [0.3, 0.4) is 0 Å². The summed E-state index contributed by atoms with van der Waals surface area (Å²) < 4.78 is 46.0. The van der Waals surface area contributed by atoms with Crippen LogP contribution in [0.25, 0.3) is 92.2 Å². The summed E-state index contributed by atoms with van der Waals surface area (Å²) in [6.07, 6.45) is 34.7. The highest BCUT2D eigenvalue weighted by atomic mass is 19.1. The number of esters is 1. The zero-order chi connectivity index (χ0) is 76.7. The van der Waals surface area contributed by atoms with Crippen molar-refractivity contribution < 1.29 is 52.0 Å². The zero-order valence-electron chi connectivity index (χ0n) is 60.4. The number of methoxy groups -OCH3 is 5. The van der Waals surface area contributed by atoms with E-state index >= 15 is 0 Å². The van der Waals surface area contributed by atoms with Gasteiger partial charge in [-0.2, -0.15) is 20.4 Å². The van der Waals surface area contributed by atoms with Crippen LogP contribution in [0.4, 0.5) is 4.39 Å². The normalized spacial score (nSPS) is 11.8. The molecular formula is C81H73FN18O10. The number of halogens is 1. The summed E-state index contributed by atoms with van der Waals surface area (Å²) in [5.74, 6) is 0.519. The van der Waals surface area contributed by atoms with Gasteiger partial charge in [-0.15, -0.1) is 0 Å². The number of H-pyrrole nitrogens is 4. The zero-order valence-corrected chi connectivity index (χ0v) is 60.4. The molecule has 8 heterocycles. The quantitative estimate of drug-likeness (QED) is 0.0292. The van der Waals surface area contributed by atoms with Gasteiger partial charge in [0.05, 0.1) is 161 Å². The van der Waals surface area contributed by atoms with E-state index in [2.05, 4.69) is 91.6 Å². The minimum atomic E-state index is -0.468. The van der Waals surface area contributed by atoms with E-state index in [9.17, 15) is 23.6 Å². The highest BCUT2D eigenvalue weighted by Gasteiger charge is 2.28. The molecule has 15 rings (SSSR count). The molecule has 1 aliphatic carbocycles. The van der Waals surface area contributed by atoms with Gasteiger partial charge in [-0.1, -0.05) is 48.5 Å². The number of hydrogen-bond donors (Lipinski definition) is 7. The third-order valence-corrected chi connectivity index (χ3v) is 16.9. The van der Waals surface area contributed by atoms with Crippen molar-refractivity contribution in [1.29, 1.82) is 0 Å². The molecule has 3 amide bonds. The monoisotopic (exact) mass is 1480 g/mol. The van der Waals surface area contributed by atoms with Crippen molar-refractivity contribution in [3.05, 3.63) is 262 Å². The lowest BCUT2D eigenvalue weighted by Crippen LogP contribution is -2.25. The largest absolute Gasteiger partial charge is 0.495 e. The number of carbonyl (C=O) groups excluding carboxylic acids is 4. The molecule has 1 aliphatic rings. The van der Waals surface area contributed by atoms with Crippen LogP contribution in [0.15, 0.2) is 177 Å². The number of pyridine rings is 1. The number of benzene rings is 6. The van der Waals surface area contributed by atoms with Gasteiger partial charge in [0.1, 0.15) is 28.6 Å². The van der Waals surface area contributed by atoms with Crippen LogP contribution in [0, 0.1) is 5.82 Å². The lowest BCUT2D eigenvalue weighted by atomic mass is 10.1. The first-order chi connectivity index (χ1) is 53.9. The van der Waals surface area contributed by atoms with Crippen LogP contribution < -0.4 is 39.6 Å². The number of fused-ring (bicyclic) bond motifs is 4.